The summed E-state index contributed by atoms with van der Waals surface area (Å²) in [6, 6.07) is 24.6. The molecular weight excluding hydrogens is 384 g/mol. The third-order valence-corrected chi connectivity index (χ3v) is 4.98. The van der Waals surface area contributed by atoms with Crippen LogP contribution in [0.4, 0.5) is 28.4 Å². The predicted molar refractivity (Wildman–Crippen MR) is 124 cm³/mol. The standard InChI is InChI=1S/C25H20N6/c1-16-14-25(31-29-23-12-11-22(27)20-5-3-4-6-21(20)23)17(2)13-24(16)30-28-19-9-7-18(15-26)8-10-19/h3-14H,27H2,1-2H3. The van der Waals surface area contributed by atoms with Gasteiger partial charge in [0.1, 0.15) is 0 Å². The van der Waals surface area contributed by atoms with Gasteiger partial charge in [0.15, 0.2) is 0 Å². The van der Waals surface area contributed by atoms with E-state index in [0.717, 1.165) is 44.6 Å². The molecule has 6 nitrogen and oxygen atoms in total. The number of hydrogen-bond donors (Lipinski definition) is 1. The molecule has 0 aliphatic carbocycles. The second-order valence-electron chi connectivity index (χ2n) is 7.20. The van der Waals surface area contributed by atoms with Gasteiger partial charge in [-0.05, 0) is 73.5 Å². The summed E-state index contributed by atoms with van der Waals surface area (Å²) in [6.07, 6.45) is 0. The SMILES string of the molecule is Cc1cc(N=Nc2ccc(N)c3ccccc23)c(C)cc1N=Nc1ccc(C#N)cc1. The number of benzene rings is 4. The minimum atomic E-state index is 0.592. The minimum Gasteiger partial charge on any atom is -0.398 e. The van der Waals surface area contributed by atoms with Crippen LogP contribution in [0.1, 0.15) is 16.7 Å². The molecule has 4 aromatic carbocycles. The van der Waals surface area contributed by atoms with Crippen LogP contribution in [-0.4, -0.2) is 0 Å². The third kappa shape index (κ3) is 4.31. The Morgan fingerprint density at radius 2 is 1.26 bits per heavy atom. The van der Waals surface area contributed by atoms with Crippen molar-refractivity contribution in [1.29, 1.82) is 5.26 Å². The average molecular weight is 404 g/mol. The number of hydrogen-bond acceptors (Lipinski definition) is 6. The summed E-state index contributed by atoms with van der Waals surface area (Å²) in [6.45, 7) is 3.93. The van der Waals surface area contributed by atoms with Crippen LogP contribution in [0.25, 0.3) is 10.8 Å². The topological polar surface area (TPSA) is 99.2 Å². The summed E-state index contributed by atoms with van der Waals surface area (Å²) in [4.78, 5) is 0. The fraction of sp³-hybridized carbons (Fsp3) is 0.0800. The van der Waals surface area contributed by atoms with Crippen molar-refractivity contribution in [3.05, 3.63) is 89.5 Å². The van der Waals surface area contributed by atoms with Crippen LogP contribution in [0, 0.1) is 25.2 Å². The van der Waals surface area contributed by atoms with Crippen molar-refractivity contribution in [2.75, 3.05) is 5.73 Å². The molecule has 0 aromatic heterocycles. The van der Waals surface area contributed by atoms with Crippen molar-refractivity contribution in [2.24, 2.45) is 20.5 Å². The first-order valence-corrected chi connectivity index (χ1v) is 9.77. The molecule has 0 spiro atoms. The first kappa shape index (κ1) is 19.9. The normalized spacial score (nSPS) is 11.4. The number of fused-ring (bicyclic) bond motifs is 1. The molecule has 31 heavy (non-hydrogen) atoms. The van der Waals surface area contributed by atoms with Crippen LogP contribution in [-0.2, 0) is 0 Å². The van der Waals surface area contributed by atoms with E-state index in [0.29, 0.717) is 11.3 Å². The smallest absolute Gasteiger partial charge is 0.0991 e. The maximum atomic E-state index is 8.88. The molecule has 0 heterocycles. The number of nitriles is 1. The Morgan fingerprint density at radius 3 is 1.90 bits per heavy atom. The van der Waals surface area contributed by atoms with E-state index in [1.807, 2.05) is 62.4 Å². The first-order chi connectivity index (χ1) is 15.0. The highest BCUT2D eigenvalue weighted by molar-refractivity contribution is 5.99. The molecule has 4 aromatic rings. The Labute approximate surface area is 180 Å². The zero-order valence-electron chi connectivity index (χ0n) is 17.2. The van der Waals surface area contributed by atoms with Crippen molar-refractivity contribution >= 4 is 39.2 Å². The van der Waals surface area contributed by atoms with Crippen molar-refractivity contribution in [2.45, 2.75) is 13.8 Å². The van der Waals surface area contributed by atoms with Crippen LogP contribution < -0.4 is 5.73 Å². The molecule has 0 radical (unpaired) electrons. The average Bonchev–Trinajstić information content (AvgIpc) is 2.80. The maximum absolute atomic E-state index is 8.88. The van der Waals surface area contributed by atoms with E-state index >= 15 is 0 Å². The zero-order chi connectivity index (χ0) is 21.8. The molecule has 0 amide bonds. The van der Waals surface area contributed by atoms with E-state index in [-0.39, 0.29) is 0 Å². The first-order valence-electron chi connectivity index (χ1n) is 9.77. The van der Waals surface area contributed by atoms with Gasteiger partial charge in [-0.2, -0.15) is 20.6 Å². The summed E-state index contributed by atoms with van der Waals surface area (Å²) in [7, 11) is 0. The highest BCUT2D eigenvalue weighted by atomic mass is 15.1. The molecule has 0 saturated heterocycles. The van der Waals surface area contributed by atoms with Gasteiger partial charge in [-0.3, -0.25) is 0 Å². The Balaban J connectivity index is 1.61. The fourth-order valence-corrected chi connectivity index (χ4v) is 3.22. The number of azo groups is 2. The van der Waals surface area contributed by atoms with Gasteiger partial charge in [0.25, 0.3) is 0 Å². The van der Waals surface area contributed by atoms with Gasteiger partial charge < -0.3 is 5.73 Å². The number of nitrogen functional groups attached to an aromatic ring is 1. The van der Waals surface area contributed by atoms with E-state index in [1.165, 1.54) is 0 Å². The van der Waals surface area contributed by atoms with Crippen LogP contribution in [0.3, 0.4) is 0 Å². The highest BCUT2D eigenvalue weighted by Crippen LogP contribution is 2.34. The van der Waals surface area contributed by atoms with Gasteiger partial charge in [-0.1, -0.05) is 24.3 Å². The number of nitrogens with zero attached hydrogens (tertiary/aromatic N) is 5. The van der Waals surface area contributed by atoms with Crippen molar-refractivity contribution in [1.82, 2.24) is 0 Å². The number of aryl methyl sites for hydroxylation is 2. The molecule has 0 aliphatic heterocycles. The molecule has 0 saturated carbocycles. The summed E-state index contributed by atoms with van der Waals surface area (Å²) < 4.78 is 0. The Bertz CT molecular complexity index is 1360. The van der Waals surface area contributed by atoms with Crippen LogP contribution >= 0.6 is 0 Å². The maximum Gasteiger partial charge on any atom is 0.0991 e. The van der Waals surface area contributed by atoms with Gasteiger partial charge in [0.05, 0.1) is 34.4 Å². The van der Waals surface area contributed by atoms with E-state index in [2.05, 4.69) is 26.5 Å². The summed E-state index contributed by atoms with van der Waals surface area (Å²) in [5.74, 6) is 0. The molecule has 2 N–H and O–H groups in total. The Hall–Kier alpha value is -4.37. The lowest BCUT2D eigenvalue weighted by Crippen LogP contribution is -1.86. The lowest BCUT2D eigenvalue weighted by Gasteiger charge is -2.06. The van der Waals surface area contributed by atoms with Crippen LogP contribution in [0.5, 0.6) is 0 Å². The van der Waals surface area contributed by atoms with Crippen molar-refractivity contribution in [3.63, 3.8) is 0 Å². The summed E-state index contributed by atoms with van der Waals surface area (Å²) in [5, 5.41) is 28.4. The van der Waals surface area contributed by atoms with Crippen LogP contribution in [0.15, 0.2) is 93.3 Å². The van der Waals surface area contributed by atoms with Crippen molar-refractivity contribution in [3.8, 4) is 6.07 Å². The van der Waals surface area contributed by atoms with E-state index in [9.17, 15) is 0 Å². The molecule has 0 fully saturated rings. The molecular formula is C25H20N6. The van der Waals surface area contributed by atoms with Gasteiger partial charge in [0.2, 0.25) is 0 Å². The molecule has 6 heteroatoms. The minimum absolute atomic E-state index is 0.592. The molecule has 0 bridgehead atoms. The Kier molecular flexibility index (Phi) is 5.50. The zero-order valence-corrected chi connectivity index (χ0v) is 17.2. The Morgan fingerprint density at radius 1 is 0.677 bits per heavy atom. The molecule has 4 rings (SSSR count). The monoisotopic (exact) mass is 404 g/mol. The summed E-state index contributed by atoms with van der Waals surface area (Å²) in [5.41, 5.74) is 12.3. The highest BCUT2D eigenvalue weighted by Gasteiger charge is 2.06. The lowest BCUT2D eigenvalue weighted by atomic mass is 10.1. The quantitative estimate of drug-likeness (QED) is 0.278. The fourth-order valence-electron chi connectivity index (χ4n) is 3.22. The number of rotatable bonds is 4. The van der Waals surface area contributed by atoms with Gasteiger partial charge in [-0.15, -0.1) is 5.11 Å². The van der Waals surface area contributed by atoms with Gasteiger partial charge in [-0.25, -0.2) is 0 Å². The van der Waals surface area contributed by atoms with Gasteiger partial charge in [0, 0.05) is 16.5 Å². The second-order valence-corrected chi connectivity index (χ2v) is 7.20. The molecule has 0 aliphatic rings. The van der Waals surface area contributed by atoms with E-state index < -0.39 is 0 Å². The van der Waals surface area contributed by atoms with Crippen LogP contribution in [0.2, 0.25) is 0 Å². The second kappa shape index (κ2) is 8.56. The van der Waals surface area contributed by atoms with Gasteiger partial charge >= 0.3 is 0 Å². The van der Waals surface area contributed by atoms with E-state index in [4.69, 9.17) is 11.0 Å². The third-order valence-electron chi connectivity index (χ3n) is 4.98. The summed E-state index contributed by atoms with van der Waals surface area (Å²) >= 11 is 0. The molecule has 150 valence electrons. The van der Waals surface area contributed by atoms with E-state index in [1.54, 1.807) is 24.3 Å². The predicted octanol–water partition coefficient (Wildman–Crippen LogP) is 7.74. The lowest BCUT2D eigenvalue weighted by molar-refractivity contribution is 1.17. The molecule has 0 unspecified atom stereocenters. The largest absolute Gasteiger partial charge is 0.398 e. The van der Waals surface area contributed by atoms with Crippen molar-refractivity contribution < 1.29 is 0 Å². The number of nitrogens with two attached hydrogens (primary N) is 1. The molecule has 0 atom stereocenters. The number of anilines is 1.